The van der Waals surface area contributed by atoms with Crippen molar-refractivity contribution in [3.63, 3.8) is 0 Å². The lowest BCUT2D eigenvalue weighted by Crippen LogP contribution is -2.22. The van der Waals surface area contributed by atoms with E-state index in [1.165, 1.54) is 0 Å². The van der Waals surface area contributed by atoms with Crippen LogP contribution in [0.4, 0.5) is 27.6 Å². The fraction of sp³-hybridized carbons (Fsp3) is 0.444. The van der Waals surface area contributed by atoms with E-state index in [4.69, 9.17) is 5.73 Å². The van der Waals surface area contributed by atoms with Crippen molar-refractivity contribution in [2.75, 3.05) is 12.3 Å². The van der Waals surface area contributed by atoms with Crippen molar-refractivity contribution >= 4 is 5.69 Å². The van der Waals surface area contributed by atoms with Gasteiger partial charge in [0.25, 0.3) is 5.92 Å². The third-order valence-corrected chi connectivity index (χ3v) is 1.59. The molecule has 0 saturated carbocycles. The summed E-state index contributed by atoms with van der Waals surface area (Å²) in [5.41, 5.74) is 3.64. The van der Waals surface area contributed by atoms with Gasteiger partial charge >= 0.3 is 6.18 Å². The van der Waals surface area contributed by atoms with Crippen molar-refractivity contribution in [2.24, 2.45) is 0 Å². The molecule has 0 aliphatic rings. The van der Waals surface area contributed by atoms with Gasteiger partial charge in [0, 0.05) is 18.7 Å². The third kappa shape index (κ3) is 4.41. The van der Waals surface area contributed by atoms with E-state index in [1.54, 1.807) is 0 Å². The fourth-order valence-electron chi connectivity index (χ4n) is 0.945. The molecule has 2 N–H and O–H groups in total. The van der Waals surface area contributed by atoms with Crippen molar-refractivity contribution in [2.45, 2.75) is 19.0 Å². The van der Waals surface area contributed by atoms with Crippen molar-refractivity contribution in [3.05, 3.63) is 17.8 Å². The minimum Gasteiger partial charge on any atom is -0.471 e. The molecular formula is C9H9F5N2O. The minimum absolute atomic E-state index is 0.262. The first kappa shape index (κ1) is 13.5. The Morgan fingerprint density at radius 2 is 1.82 bits per heavy atom. The van der Waals surface area contributed by atoms with Crippen LogP contribution in [0.15, 0.2) is 12.1 Å². The summed E-state index contributed by atoms with van der Waals surface area (Å²) in [5.74, 6) is -3.75. The molecule has 0 bridgehead atoms. The van der Waals surface area contributed by atoms with Gasteiger partial charge in [-0.3, -0.25) is 0 Å². The summed E-state index contributed by atoms with van der Waals surface area (Å²) < 4.78 is 66.2. The van der Waals surface area contributed by atoms with E-state index in [1.807, 2.05) is 0 Å². The molecule has 1 heterocycles. The van der Waals surface area contributed by atoms with Crippen LogP contribution in [0, 0.1) is 0 Å². The number of nitrogen functional groups attached to an aromatic ring is 1. The lowest BCUT2D eigenvalue weighted by Gasteiger charge is -2.13. The average molecular weight is 256 g/mol. The van der Waals surface area contributed by atoms with Crippen LogP contribution in [-0.2, 0) is 6.18 Å². The van der Waals surface area contributed by atoms with E-state index in [-0.39, 0.29) is 5.69 Å². The maximum Gasteiger partial charge on any atom is 0.433 e. The molecule has 17 heavy (non-hydrogen) atoms. The maximum atomic E-state index is 12.4. The molecule has 0 saturated heterocycles. The van der Waals surface area contributed by atoms with Crippen molar-refractivity contribution in [3.8, 4) is 5.88 Å². The summed E-state index contributed by atoms with van der Waals surface area (Å²) >= 11 is 0. The summed E-state index contributed by atoms with van der Waals surface area (Å²) in [7, 11) is 0. The molecule has 0 spiro atoms. The standard InChI is InChI=1S/C9H9F5N2O/c1-8(10,11)4-17-7-3-5(15)2-6(16-7)9(12,13)14/h2-3H,4H2,1H3,(H2,15,16). The van der Waals surface area contributed by atoms with Gasteiger partial charge in [0.05, 0.1) is 0 Å². The van der Waals surface area contributed by atoms with Crippen LogP contribution in [-0.4, -0.2) is 17.5 Å². The van der Waals surface area contributed by atoms with Crippen LogP contribution >= 0.6 is 0 Å². The number of halogens is 5. The van der Waals surface area contributed by atoms with E-state index in [0.717, 1.165) is 6.07 Å². The predicted molar refractivity (Wildman–Crippen MR) is 49.8 cm³/mol. The second kappa shape index (κ2) is 4.34. The second-order valence-corrected chi connectivity index (χ2v) is 3.48. The van der Waals surface area contributed by atoms with Crippen LogP contribution in [0.1, 0.15) is 12.6 Å². The van der Waals surface area contributed by atoms with Crippen molar-refractivity contribution in [1.82, 2.24) is 4.98 Å². The molecule has 96 valence electrons. The van der Waals surface area contributed by atoms with E-state index in [9.17, 15) is 22.0 Å². The average Bonchev–Trinajstić information content (AvgIpc) is 2.11. The van der Waals surface area contributed by atoms with Gasteiger partial charge in [0.15, 0.2) is 12.3 Å². The molecule has 0 unspecified atom stereocenters. The monoisotopic (exact) mass is 256 g/mol. The quantitative estimate of drug-likeness (QED) is 0.846. The first-order chi connectivity index (χ1) is 7.58. The highest BCUT2D eigenvalue weighted by Gasteiger charge is 2.33. The van der Waals surface area contributed by atoms with Gasteiger partial charge in [-0.15, -0.1) is 0 Å². The highest BCUT2D eigenvalue weighted by Crippen LogP contribution is 2.30. The van der Waals surface area contributed by atoms with Gasteiger partial charge in [-0.25, -0.2) is 13.8 Å². The smallest absolute Gasteiger partial charge is 0.433 e. The Morgan fingerprint density at radius 1 is 1.24 bits per heavy atom. The van der Waals surface area contributed by atoms with Gasteiger partial charge in [-0.1, -0.05) is 0 Å². The summed E-state index contributed by atoms with van der Waals surface area (Å²) in [4.78, 5) is 3.05. The number of hydrogen-bond donors (Lipinski definition) is 1. The van der Waals surface area contributed by atoms with E-state index in [0.29, 0.717) is 13.0 Å². The summed E-state index contributed by atoms with van der Waals surface area (Å²) in [6.45, 7) is -0.495. The molecule has 1 rings (SSSR count). The van der Waals surface area contributed by atoms with Crippen LogP contribution in [0.2, 0.25) is 0 Å². The molecule has 3 nitrogen and oxygen atoms in total. The summed E-state index contributed by atoms with van der Waals surface area (Å²) in [6.07, 6.45) is -4.71. The SMILES string of the molecule is CC(F)(F)COc1cc(N)cc(C(F)(F)F)n1. The third-order valence-electron chi connectivity index (χ3n) is 1.59. The number of nitrogens with two attached hydrogens (primary N) is 1. The van der Waals surface area contributed by atoms with Crippen LogP contribution < -0.4 is 10.5 Å². The number of aromatic nitrogens is 1. The van der Waals surface area contributed by atoms with Crippen LogP contribution in [0.3, 0.4) is 0 Å². The van der Waals surface area contributed by atoms with Crippen LogP contribution in [0.5, 0.6) is 5.88 Å². The Labute approximate surface area is 93.4 Å². The van der Waals surface area contributed by atoms with Gasteiger partial charge in [-0.05, 0) is 6.07 Å². The molecule has 1 aromatic rings. The van der Waals surface area contributed by atoms with Gasteiger partial charge < -0.3 is 10.5 Å². The molecule has 0 aromatic carbocycles. The van der Waals surface area contributed by atoms with Crippen LogP contribution in [0.25, 0.3) is 0 Å². The zero-order chi connectivity index (χ0) is 13.3. The predicted octanol–water partition coefficient (Wildman–Crippen LogP) is 2.72. The highest BCUT2D eigenvalue weighted by atomic mass is 19.4. The molecule has 0 aliphatic carbocycles. The van der Waals surface area contributed by atoms with Crippen molar-refractivity contribution < 1.29 is 26.7 Å². The zero-order valence-electron chi connectivity index (χ0n) is 8.68. The molecule has 0 aliphatic heterocycles. The molecule has 0 atom stereocenters. The number of hydrogen-bond acceptors (Lipinski definition) is 3. The first-order valence-electron chi connectivity index (χ1n) is 4.43. The number of pyridine rings is 1. The lowest BCUT2D eigenvalue weighted by molar-refractivity contribution is -0.141. The number of rotatable bonds is 3. The molecule has 1 aromatic heterocycles. The van der Waals surface area contributed by atoms with E-state index < -0.39 is 30.3 Å². The maximum absolute atomic E-state index is 12.4. The largest absolute Gasteiger partial charge is 0.471 e. The van der Waals surface area contributed by atoms with Crippen molar-refractivity contribution in [1.29, 1.82) is 0 Å². The topological polar surface area (TPSA) is 48.1 Å². The zero-order valence-corrected chi connectivity index (χ0v) is 8.68. The molecule has 0 fully saturated rings. The summed E-state index contributed by atoms with van der Waals surface area (Å²) in [5, 5.41) is 0. The normalized spacial score (nSPS) is 12.6. The Bertz CT molecular complexity index is 399. The molecule has 0 amide bonds. The number of nitrogens with zero attached hydrogens (tertiary/aromatic N) is 1. The van der Waals surface area contributed by atoms with Gasteiger partial charge in [-0.2, -0.15) is 13.2 Å². The molecular weight excluding hydrogens is 247 g/mol. The minimum atomic E-state index is -4.71. The Kier molecular flexibility index (Phi) is 3.44. The number of ether oxygens (including phenoxy) is 1. The van der Waals surface area contributed by atoms with Gasteiger partial charge in [0.1, 0.15) is 0 Å². The Morgan fingerprint density at radius 3 is 2.29 bits per heavy atom. The Balaban J connectivity index is 2.91. The summed E-state index contributed by atoms with van der Waals surface area (Å²) in [6, 6.07) is 1.54. The lowest BCUT2D eigenvalue weighted by atomic mass is 10.3. The van der Waals surface area contributed by atoms with E-state index in [2.05, 4.69) is 9.72 Å². The molecule has 8 heteroatoms. The fourth-order valence-corrected chi connectivity index (χ4v) is 0.945. The second-order valence-electron chi connectivity index (χ2n) is 3.48. The molecule has 0 radical (unpaired) electrons. The highest BCUT2D eigenvalue weighted by molar-refractivity contribution is 5.43. The van der Waals surface area contributed by atoms with Gasteiger partial charge in [0.2, 0.25) is 5.88 Å². The first-order valence-corrected chi connectivity index (χ1v) is 4.43. The Hall–Kier alpha value is -1.60. The van der Waals surface area contributed by atoms with E-state index >= 15 is 0 Å². The number of alkyl halides is 5. The number of anilines is 1.